The SMILES string of the molecule is C.COc1ccc(OC(=O)OCOP(=O)(COCCn2cnc3c(=O)[nH]c(N)nc32)OCc2cccc(Cl)c2)cc1.COc1ccc(OC(=O)OCOP(=O)(COCCn2cnc3c(=O)[nH]c(N)nc32)OCc2cccc(Cl)c2)cc1OC. The van der Waals surface area contributed by atoms with Gasteiger partial charge in [0.25, 0.3) is 11.1 Å². The molecule has 0 saturated heterocycles. The number of nitrogens with one attached hydrogen (secondary N) is 2. The molecule has 4 aromatic heterocycles. The van der Waals surface area contributed by atoms with Crippen molar-refractivity contribution in [3.05, 3.63) is 146 Å². The van der Waals surface area contributed by atoms with Gasteiger partial charge in [0, 0.05) is 29.2 Å². The standard InChI is InChI=1S/C25H27ClN5O10P.C24H25ClN5O9P.CH4/c1-35-19-7-6-18(11-20(19)36-2)41-25(33)38-14-40-42(34,39-12-16-4-3-5-17(26)10-16)15-37-9-8-31-13-28-21-22(31)29-24(27)30-23(21)32;1-34-18-5-7-19(8-6-18)39-24(32)36-14-38-40(33,37-12-16-3-2-4-17(25)11-16)15-35-10-9-30-13-27-20-21(30)28-23(26)29-22(20)31;/h3-7,10-11,13H,8-9,12,14-15H2,1-2H3,(H3,27,29,30,32);2-8,11,13H,9-10,12,14-15H2,1H3,(H3,26,28,29,31);1H4. The van der Waals surface area contributed by atoms with E-state index in [2.05, 4.69) is 29.9 Å². The third-order valence-electron chi connectivity index (χ3n) is 10.7. The van der Waals surface area contributed by atoms with Crippen LogP contribution in [0.2, 0.25) is 10.0 Å². The fourth-order valence-corrected chi connectivity index (χ4v) is 9.55. The molecule has 4 heterocycles. The molecule has 0 bridgehead atoms. The van der Waals surface area contributed by atoms with Crippen LogP contribution in [-0.2, 0) is 72.5 Å². The van der Waals surface area contributed by atoms with Gasteiger partial charge in [-0.05, 0) is 71.8 Å². The zero-order chi connectivity index (χ0) is 58.7. The van der Waals surface area contributed by atoms with Crippen molar-refractivity contribution < 1.29 is 79.4 Å². The number of halogens is 2. The van der Waals surface area contributed by atoms with Crippen LogP contribution in [0.4, 0.5) is 21.5 Å². The molecule has 6 N–H and O–H groups in total. The summed E-state index contributed by atoms with van der Waals surface area (Å²) in [6.45, 7) is -1.32. The van der Waals surface area contributed by atoms with Crippen LogP contribution in [0.1, 0.15) is 18.6 Å². The number of carbonyl (C=O) groups is 2. The molecule has 0 amide bonds. The highest BCUT2D eigenvalue weighted by atomic mass is 35.5. The number of nitrogens with two attached hydrogens (primary N) is 2. The van der Waals surface area contributed by atoms with Gasteiger partial charge >= 0.3 is 27.5 Å². The number of aromatic amines is 2. The van der Waals surface area contributed by atoms with E-state index in [0.717, 1.165) is 0 Å². The van der Waals surface area contributed by atoms with Gasteiger partial charge in [-0.2, -0.15) is 9.97 Å². The van der Waals surface area contributed by atoms with Gasteiger partial charge in [0.05, 0.1) is 60.4 Å². The van der Waals surface area contributed by atoms with Gasteiger partial charge in [-0.1, -0.05) is 54.9 Å². The van der Waals surface area contributed by atoms with E-state index in [-0.39, 0.29) is 92.7 Å². The molecule has 83 heavy (non-hydrogen) atoms. The van der Waals surface area contributed by atoms with Gasteiger partial charge in [0.1, 0.15) is 29.9 Å². The van der Waals surface area contributed by atoms with Crippen LogP contribution in [0.25, 0.3) is 22.3 Å². The summed E-state index contributed by atoms with van der Waals surface area (Å²) < 4.78 is 98.2. The zero-order valence-electron chi connectivity index (χ0n) is 43.6. The number of methoxy groups -OCH3 is 3. The smallest absolute Gasteiger partial charge is 0.497 e. The van der Waals surface area contributed by atoms with Crippen LogP contribution in [0, 0.1) is 0 Å². The molecule has 4 aromatic carbocycles. The summed E-state index contributed by atoms with van der Waals surface area (Å²) in [5.41, 5.74) is 12.3. The van der Waals surface area contributed by atoms with Gasteiger partial charge < -0.3 is 72.3 Å². The normalized spacial score (nSPS) is 12.4. The van der Waals surface area contributed by atoms with E-state index in [1.807, 2.05) is 0 Å². The monoisotopic (exact) mass is 1230 g/mol. The number of imidazole rings is 2. The third-order valence-corrected chi connectivity index (χ3v) is 14.3. The Hall–Kier alpha value is -8.08. The first-order chi connectivity index (χ1) is 39.4. The third kappa shape index (κ3) is 19.3. The molecular weight excluding hydrogens is 1180 g/mol. The second-order valence-electron chi connectivity index (χ2n) is 16.4. The molecule has 33 heteroatoms. The number of fused-ring (bicyclic) bond motifs is 2. The van der Waals surface area contributed by atoms with Crippen LogP contribution >= 0.6 is 38.4 Å². The zero-order valence-corrected chi connectivity index (χ0v) is 46.9. The van der Waals surface area contributed by atoms with E-state index < -0.39 is 64.9 Å². The first-order valence-electron chi connectivity index (χ1n) is 23.8. The molecule has 8 rings (SSSR count). The molecule has 0 aliphatic rings. The lowest BCUT2D eigenvalue weighted by Crippen LogP contribution is -2.15. The second-order valence-corrected chi connectivity index (χ2v) is 21.3. The van der Waals surface area contributed by atoms with Crippen LogP contribution in [-0.4, -0.2) is 112 Å². The van der Waals surface area contributed by atoms with E-state index in [1.54, 1.807) is 75.9 Å². The summed E-state index contributed by atoms with van der Waals surface area (Å²) in [4.78, 5) is 69.1. The van der Waals surface area contributed by atoms with Crippen molar-refractivity contribution in [2.24, 2.45) is 0 Å². The summed E-state index contributed by atoms with van der Waals surface area (Å²) >= 11 is 12.0. The highest BCUT2D eigenvalue weighted by Gasteiger charge is 2.29. The van der Waals surface area contributed by atoms with E-state index in [1.165, 1.54) is 58.2 Å². The van der Waals surface area contributed by atoms with Gasteiger partial charge in [-0.3, -0.25) is 37.7 Å². The number of benzene rings is 4. The average Bonchev–Trinajstić information content (AvgIpc) is 4.21. The van der Waals surface area contributed by atoms with Gasteiger partial charge in [-0.25, -0.2) is 19.6 Å². The largest absolute Gasteiger partial charge is 0.515 e. The van der Waals surface area contributed by atoms with Crippen LogP contribution in [0.5, 0.6) is 28.7 Å². The molecular formula is C50H56Cl2N10O19P2. The van der Waals surface area contributed by atoms with Gasteiger partial charge in [0.15, 0.2) is 33.8 Å². The van der Waals surface area contributed by atoms with Crippen molar-refractivity contribution >= 4 is 84.9 Å². The molecule has 0 saturated carbocycles. The van der Waals surface area contributed by atoms with E-state index in [0.29, 0.717) is 38.4 Å². The first kappa shape index (κ1) is 64.1. The number of anilines is 2. The summed E-state index contributed by atoms with van der Waals surface area (Å²) in [5.74, 6) is 1.56. The van der Waals surface area contributed by atoms with Crippen molar-refractivity contribution in [2.75, 3.05) is 72.3 Å². The highest BCUT2D eigenvalue weighted by Crippen LogP contribution is 2.50. The minimum Gasteiger partial charge on any atom is -0.497 e. The Morgan fingerprint density at radius 2 is 1.02 bits per heavy atom. The Morgan fingerprint density at radius 3 is 1.47 bits per heavy atom. The summed E-state index contributed by atoms with van der Waals surface area (Å²) in [5, 5.41) is 0.934. The number of carbonyl (C=O) groups excluding carboxylic acids is 2. The van der Waals surface area contributed by atoms with Crippen LogP contribution < -0.4 is 46.3 Å². The number of nitrogen functional groups attached to an aromatic ring is 2. The minimum absolute atomic E-state index is 0. The lowest BCUT2D eigenvalue weighted by molar-refractivity contribution is 0.0141. The topological polar surface area (TPSA) is 367 Å². The summed E-state index contributed by atoms with van der Waals surface area (Å²) in [6, 6.07) is 24.2. The van der Waals surface area contributed by atoms with Crippen molar-refractivity contribution in [3.8, 4) is 28.7 Å². The Bertz CT molecular complexity index is 3680. The molecule has 0 spiro atoms. The predicted molar refractivity (Wildman–Crippen MR) is 300 cm³/mol. The van der Waals surface area contributed by atoms with E-state index in [4.69, 9.17) is 95.4 Å². The van der Waals surface area contributed by atoms with E-state index in [9.17, 15) is 28.3 Å². The summed E-state index contributed by atoms with van der Waals surface area (Å²) in [7, 11) is -3.52. The Balaban J connectivity index is 0.000000264. The molecule has 29 nitrogen and oxygen atoms in total. The van der Waals surface area contributed by atoms with Crippen molar-refractivity contribution in [2.45, 2.75) is 33.7 Å². The maximum atomic E-state index is 13.5. The van der Waals surface area contributed by atoms with Crippen LogP contribution in [0.3, 0.4) is 0 Å². The minimum atomic E-state index is -3.98. The predicted octanol–water partition coefficient (Wildman–Crippen LogP) is 8.52. The molecule has 444 valence electrons. The Morgan fingerprint density at radius 1 is 0.578 bits per heavy atom. The second kappa shape index (κ2) is 30.8. The lowest BCUT2D eigenvalue weighted by atomic mass is 10.2. The van der Waals surface area contributed by atoms with E-state index >= 15 is 0 Å². The Kier molecular flexibility index (Phi) is 23.8. The van der Waals surface area contributed by atoms with Gasteiger partial charge in [0.2, 0.25) is 25.5 Å². The first-order valence-corrected chi connectivity index (χ1v) is 28.0. The lowest BCUT2D eigenvalue weighted by Gasteiger charge is -2.19. The number of hydrogen-bond acceptors (Lipinski definition) is 25. The molecule has 8 aromatic rings. The Labute approximate surface area is 481 Å². The summed E-state index contributed by atoms with van der Waals surface area (Å²) in [6.07, 6.45) is -0.375. The number of hydrogen-bond donors (Lipinski definition) is 4. The molecule has 0 radical (unpaired) electrons. The number of H-pyrrole nitrogens is 2. The van der Waals surface area contributed by atoms with Crippen molar-refractivity contribution in [1.29, 1.82) is 0 Å². The van der Waals surface area contributed by atoms with Crippen molar-refractivity contribution in [3.63, 3.8) is 0 Å². The molecule has 0 aliphatic carbocycles. The maximum absolute atomic E-state index is 13.5. The molecule has 0 fully saturated rings. The average molecular weight is 1230 g/mol. The number of nitrogens with zero attached hydrogens (tertiary/aromatic N) is 6. The van der Waals surface area contributed by atoms with Crippen LogP contribution in [0.15, 0.2) is 113 Å². The van der Waals surface area contributed by atoms with Crippen molar-refractivity contribution in [1.82, 2.24) is 39.0 Å². The fourth-order valence-electron chi connectivity index (χ4n) is 6.85. The number of ether oxygens (including phenoxy) is 9. The quantitative estimate of drug-likeness (QED) is 0.0123. The molecule has 2 unspecified atom stereocenters. The fraction of sp³-hybridized carbons (Fsp3) is 0.280. The maximum Gasteiger partial charge on any atom is 0.515 e. The number of rotatable bonds is 27. The molecule has 2 atom stereocenters. The molecule has 0 aliphatic heterocycles. The number of aromatic nitrogens is 8. The highest BCUT2D eigenvalue weighted by molar-refractivity contribution is 7.53. The van der Waals surface area contributed by atoms with Gasteiger partial charge in [-0.15, -0.1) is 0 Å².